The highest BCUT2D eigenvalue weighted by Crippen LogP contribution is 2.35. The van der Waals surface area contributed by atoms with Gasteiger partial charge in [0, 0.05) is 27.2 Å². The number of hydrogen-bond donors (Lipinski definition) is 0. The van der Waals surface area contributed by atoms with Gasteiger partial charge in [-0.25, -0.2) is 0 Å². The lowest BCUT2D eigenvalue weighted by molar-refractivity contribution is 1.20. The Balaban J connectivity index is 1.67. The molecule has 0 unspecified atom stereocenters. The van der Waals surface area contributed by atoms with Crippen molar-refractivity contribution >= 4 is 11.8 Å². The van der Waals surface area contributed by atoms with Gasteiger partial charge in [0.15, 0.2) is 0 Å². The van der Waals surface area contributed by atoms with Crippen molar-refractivity contribution in [3.63, 3.8) is 0 Å². The zero-order chi connectivity index (χ0) is 18.6. The van der Waals surface area contributed by atoms with E-state index in [0.717, 1.165) is 5.69 Å². The summed E-state index contributed by atoms with van der Waals surface area (Å²) in [5.41, 5.74) is 7.19. The number of pyridine rings is 1. The topological polar surface area (TPSA) is 12.9 Å². The predicted molar refractivity (Wildman–Crippen MR) is 115 cm³/mol. The second kappa shape index (κ2) is 7.81. The van der Waals surface area contributed by atoms with Crippen molar-refractivity contribution in [2.45, 2.75) is 23.6 Å². The minimum absolute atomic E-state index is 1.05. The summed E-state index contributed by atoms with van der Waals surface area (Å²) in [6, 6.07) is 30.1. The Hall–Kier alpha value is -2.84. The van der Waals surface area contributed by atoms with Crippen molar-refractivity contribution in [2.75, 3.05) is 0 Å². The molecule has 0 N–H and O–H groups in total. The van der Waals surface area contributed by atoms with E-state index in [0.29, 0.717) is 0 Å². The molecule has 0 aliphatic carbocycles. The van der Waals surface area contributed by atoms with E-state index < -0.39 is 0 Å². The summed E-state index contributed by atoms with van der Waals surface area (Å²) < 4.78 is 0. The number of benzene rings is 3. The molecule has 0 atom stereocenters. The summed E-state index contributed by atoms with van der Waals surface area (Å²) in [6.45, 7) is 4.19. The maximum absolute atomic E-state index is 4.53. The van der Waals surface area contributed by atoms with Gasteiger partial charge in [-0.05, 0) is 60.9 Å². The highest BCUT2D eigenvalue weighted by atomic mass is 32.2. The summed E-state index contributed by atoms with van der Waals surface area (Å²) in [7, 11) is 0. The van der Waals surface area contributed by atoms with Crippen molar-refractivity contribution in [3.05, 3.63) is 102 Å². The molecule has 2 heteroatoms. The van der Waals surface area contributed by atoms with E-state index in [-0.39, 0.29) is 0 Å². The van der Waals surface area contributed by atoms with Crippen LogP contribution in [0.15, 0.2) is 101 Å². The highest BCUT2D eigenvalue weighted by molar-refractivity contribution is 7.99. The van der Waals surface area contributed by atoms with Gasteiger partial charge in [0.1, 0.15) is 0 Å². The Morgan fingerprint density at radius 3 is 1.93 bits per heavy atom. The Labute approximate surface area is 165 Å². The molecule has 0 spiro atoms. The first-order valence-corrected chi connectivity index (χ1v) is 9.88. The fourth-order valence-corrected chi connectivity index (χ4v) is 4.04. The molecule has 3 aromatic carbocycles. The molecule has 4 aromatic rings. The maximum atomic E-state index is 4.53. The van der Waals surface area contributed by atoms with Gasteiger partial charge in [0.25, 0.3) is 0 Å². The van der Waals surface area contributed by atoms with E-state index in [1.54, 1.807) is 11.8 Å². The summed E-state index contributed by atoms with van der Waals surface area (Å²) in [4.78, 5) is 7.04. The Morgan fingerprint density at radius 2 is 1.26 bits per heavy atom. The molecule has 132 valence electrons. The molecular formula is C25H21NS. The molecule has 1 heterocycles. The first-order chi connectivity index (χ1) is 13.2. The van der Waals surface area contributed by atoms with Gasteiger partial charge in [0.2, 0.25) is 0 Å². The van der Waals surface area contributed by atoms with Gasteiger partial charge in [-0.3, -0.25) is 4.98 Å². The van der Waals surface area contributed by atoms with E-state index in [9.17, 15) is 0 Å². The van der Waals surface area contributed by atoms with Crippen LogP contribution in [-0.2, 0) is 0 Å². The molecule has 1 aromatic heterocycles. The van der Waals surface area contributed by atoms with Crippen LogP contribution in [0, 0.1) is 13.8 Å². The van der Waals surface area contributed by atoms with Crippen LogP contribution in [0.3, 0.4) is 0 Å². The van der Waals surface area contributed by atoms with E-state index in [4.69, 9.17) is 0 Å². The molecule has 0 amide bonds. The van der Waals surface area contributed by atoms with Crippen molar-refractivity contribution in [3.8, 4) is 22.3 Å². The molecule has 0 aliphatic rings. The van der Waals surface area contributed by atoms with Crippen molar-refractivity contribution in [2.24, 2.45) is 0 Å². The zero-order valence-electron chi connectivity index (χ0n) is 15.5. The largest absolute Gasteiger partial charge is 0.261 e. The number of hydrogen-bond acceptors (Lipinski definition) is 2. The van der Waals surface area contributed by atoms with Crippen LogP contribution in [-0.4, -0.2) is 4.98 Å². The SMILES string of the molecule is Cc1ccc(Sc2ccc(-c3c(-c4ccccc4)ccnc3C)cc2)cc1. The average Bonchev–Trinajstić information content (AvgIpc) is 2.71. The normalized spacial score (nSPS) is 10.7. The van der Waals surface area contributed by atoms with Gasteiger partial charge < -0.3 is 0 Å². The van der Waals surface area contributed by atoms with Gasteiger partial charge in [-0.2, -0.15) is 0 Å². The third-order valence-corrected chi connectivity index (χ3v) is 5.64. The molecule has 0 fully saturated rings. The summed E-state index contributed by atoms with van der Waals surface area (Å²) >= 11 is 1.79. The molecule has 1 nitrogen and oxygen atoms in total. The third kappa shape index (κ3) is 3.96. The second-order valence-corrected chi connectivity index (χ2v) is 7.77. The summed E-state index contributed by atoms with van der Waals surface area (Å²) in [6.07, 6.45) is 1.89. The lowest BCUT2D eigenvalue weighted by atomic mass is 9.94. The van der Waals surface area contributed by atoms with Crippen molar-refractivity contribution in [1.29, 1.82) is 0 Å². The Morgan fingerprint density at radius 1 is 0.630 bits per heavy atom. The quantitative estimate of drug-likeness (QED) is 0.379. The minimum atomic E-state index is 1.05. The first-order valence-electron chi connectivity index (χ1n) is 9.07. The van der Waals surface area contributed by atoms with Crippen molar-refractivity contribution in [1.82, 2.24) is 4.98 Å². The molecule has 27 heavy (non-hydrogen) atoms. The Kier molecular flexibility index (Phi) is 5.08. The molecule has 0 saturated carbocycles. The highest BCUT2D eigenvalue weighted by Gasteiger charge is 2.11. The van der Waals surface area contributed by atoms with Gasteiger partial charge in [0.05, 0.1) is 0 Å². The average molecular weight is 368 g/mol. The molecule has 0 aliphatic heterocycles. The van der Waals surface area contributed by atoms with E-state index >= 15 is 0 Å². The van der Waals surface area contributed by atoms with Crippen LogP contribution >= 0.6 is 11.8 Å². The number of rotatable bonds is 4. The van der Waals surface area contributed by atoms with E-state index in [1.165, 1.54) is 37.6 Å². The first kappa shape index (κ1) is 17.6. The molecule has 0 radical (unpaired) electrons. The van der Waals surface area contributed by atoms with Crippen LogP contribution in [0.1, 0.15) is 11.3 Å². The van der Waals surface area contributed by atoms with Crippen LogP contribution in [0.2, 0.25) is 0 Å². The molecule has 0 bridgehead atoms. The lowest BCUT2D eigenvalue weighted by Crippen LogP contribution is -1.92. The lowest BCUT2D eigenvalue weighted by Gasteiger charge is -2.13. The number of nitrogens with zero attached hydrogens (tertiary/aromatic N) is 1. The molecular weight excluding hydrogens is 346 g/mol. The van der Waals surface area contributed by atoms with E-state index in [2.05, 4.69) is 97.7 Å². The van der Waals surface area contributed by atoms with Crippen LogP contribution in [0.25, 0.3) is 22.3 Å². The maximum Gasteiger partial charge on any atom is 0.0457 e. The summed E-state index contributed by atoms with van der Waals surface area (Å²) in [5, 5.41) is 0. The summed E-state index contributed by atoms with van der Waals surface area (Å²) in [5.74, 6) is 0. The zero-order valence-corrected chi connectivity index (χ0v) is 16.3. The fourth-order valence-electron chi connectivity index (χ4n) is 3.22. The van der Waals surface area contributed by atoms with Gasteiger partial charge in [-0.15, -0.1) is 0 Å². The van der Waals surface area contributed by atoms with Gasteiger partial charge in [-0.1, -0.05) is 71.9 Å². The van der Waals surface area contributed by atoms with Gasteiger partial charge >= 0.3 is 0 Å². The fraction of sp³-hybridized carbons (Fsp3) is 0.0800. The van der Waals surface area contributed by atoms with Crippen LogP contribution in [0.5, 0.6) is 0 Å². The van der Waals surface area contributed by atoms with E-state index in [1.807, 2.05) is 12.3 Å². The molecule has 0 saturated heterocycles. The van der Waals surface area contributed by atoms with Crippen molar-refractivity contribution < 1.29 is 0 Å². The third-order valence-electron chi connectivity index (χ3n) is 4.62. The second-order valence-electron chi connectivity index (χ2n) is 6.62. The Bertz CT molecular complexity index is 1040. The number of aryl methyl sites for hydroxylation is 2. The number of aromatic nitrogens is 1. The monoisotopic (exact) mass is 367 g/mol. The molecule has 4 rings (SSSR count). The standard InChI is InChI=1S/C25H21NS/c1-18-8-12-22(13-9-18)27-23-14-10-21(11-15-23)25-19(2)26-17-16-24(25)20-6-4-3-5-7-20/h3-17H,1-2H3. The minimum Gasteiger partial charge on any atom is -0.261 e. The van der Waals surface area contributed by atoms with Crippen LogP contribution in [0.4, 0.5) is 0 Å². The smallest absolute Gasteiger partial charge is 0.0457 e. The van der Waals surface area contributed by atoms with Crippen LogP contribution < -0.4 is 0 Å². The predicted octanol–water partition coefficient (Wildman–Crippen LogP) is 7.18.